The number of hydrogen-bond acceptors (Lipinski definition) is 4. The zero-order valence-electron chi connectivity index (χ0n) is 9.83. The lowest BCUT2D eigenvalue weighted by molar-refractivity contribution is 0.481. The van der Waals surface area contributed by atoms with Gasteiger partial charge in [0.25, 0.3) is 5.56 Å². The number of phenols is 1. The highest BCUT2D eigenvalue weighted by molar-refractivity contribution is 7.99. The molecule has 0 unspecified atom stereocenters. The highest BCUT2D eigenvalue weighted by Crippen LogP contribution is 2.35. The third-order valence-electron chi connectivity index (χ3n) is 2.74. The Morgan fingerprint density at radius 1 is 1.11 bits per heavy atom. The van der Waals surface area contributed by atoms with Crippen molar-refractivity contribution >= 4 is 22.5 Å². The van der Waals surface area contributed by atoms with Crippen molar-refractivity contribution in [2.75, 3.05) is 0 Å². The summed E-state index contributed by atoms with van der Waals surface area (Å²) in [6.07, 6.45) is 3.05. The Morgan fingerprint density at radius 2 is 1.89 bits per heavy atom. The number of nitrogens with zero attached hydrogens (tertiary/aromatic N) is 1. The summed E-state index contributed by atoms with van der Waals surface area (Å²) in [7, 11) is 0. The molecule has 0 fully saturated rings. The first kappa shape index (κ1) is 11.8. The first-order valence-corrected chi connectivity index (χ1v) is 6.49. The van der Waals surface area contributed by atoms with Crippen molar-refractivity contribution < 1.29 is 5.11 Å². The fourth-order valence-electron chi connectivity index (χ4n) is 1.86. The highest BCUT2D eigenvalue weighted by atomic mass is 32.2. The molecule has 0 saturated carbocycles. The number of benzene rings is 2. The second kappa shape index (κ2) is 4.78. The predicted molar refractivity (Wildman–Crippen MR) is 74.6 cm³/mol. The van der Waals surface area contributed by atoms with E-state index < -0.39 is 0 Å². The third-order valence-corrected chi connectivity index (χ3v) is 3.80. The van der Waals surface area contributed by atoms with Gasteiger partial charge in [-0.05, 0) is 17.5 Å². The lowest BCUT2D eigenvalue weighted by atomic mass is 10.1. The zero-order valence-corrected chi connectivity index (χ0v) is 10.6. The van der Waals surface area contributed by atoms with Crippen LogP contribution in [0.15, 0.2) is 63.5 Å². The van der Waals surface area contributed by atoms with Crippen molar-refractivity contribution in [1.29, 1.82) is 0 Å². The van der Waals surface area contributed by atoms with Crippen LogP contribution in [0.4, 0.5) is 0 Å². The number of aromatic amines is 1. The molecule has 0 aliphatic carbocycles. The minimum absolute atomic E-state index is 0.218. The van der Waals surface area contributed by atoms with Crippen molar-refractivity contribution in [3.05, 3.63) is 59.1 Å². The summed E-state index contributed by atoms with van der Waals surface area (Å²) in [5, 5.41) is 11.9. The van der Waals surface area contributed by atoms with Crippen molar-refractivity contribution in [1.82, 2.24) is 9.97 Å². The summed E-state index contributed by atoms with van der Waals surface area (Å²) in [5.41, 5.74) is -0.218. The maximum atomic E-state index is 11.6. The van der Waals surface area contributed by atoms with Crippen molar-refractivity contribution in [3.8, 4) is 5.75 Å². The van der Waals surface area contributed by atoms with Crippen molar-refractivity contribution in [2.45, 2.75) is 9.92 Å². The first-order valence-electron chi connectivity index (χ1n) is 5.68. The fourth-order valence-corrected chi connectivity index (χ4v) is 2.76. The summed E-state index contributed by atoms with van der Waals surface area (Å²) in [4.78, 5) is 19.2. The topological polar surface area (TPSA) is 66.0 Å². The largest absolute Gasteiger partial charge is 0.507 e. The molecule has 5 heteroatoms. The van der Waals surface area contributed by atoms with E-state index in [0.29, 0.717) is 5.03 Å². The summed E-state index contributed by atoms with van der Waals surface area (Å²) in [6.45, 7) is 0. The summed E-state index contributed by atoms with van der Waals surface area (Å²) < 4.78 is 0. The SMILES string of the molecule is O=c1[nH]ccnc1Sc1ccc(O)c2ccccc12. The Kier molecular flexibility index (Phi) is 2.97. The molecule has 0 aliphatic heterocycles. The van der Waals surface area contributed by atoms with E-state index in [1.165, 1.54) is 18.0 Å². The molecule has 0 aliphatic rings. The molecule has 0 spiro atoms. The van der Waals surface area contributed by atoms with E-state index >= 15 is 0 Å². The minimum atomic E-state index is -0.218. The standard InChI is InChI=1S/C14H10N2O2S/c17-11-5-6-12(10-4-2-1-3-9(10)11)19-14-13(18)15-7-8-16-14/h1-8,17H,(H,15,18). The van der Waals surface area contributed by atoms with Gasteiger partial charge in [0.15, 0.2) is 5.03 Å². The number of H-pyrrole nitrogens is 1. The Hall–Kier alpha value is -2.27. The molecular weight excluding hydrogens is 260 g/mol. The Morgan fingerprint density at radius 3 is 2.68 bits per heavy atom. The molecule has 1 heterocycles. The second-order valence-electron chi connectivity index (χ2n) is 3.95. The first-order chi connectivity index (χ1) is 9.25. The molecule has 4 nitrogen and oxygen atoms in total. The van der Waals surface area contributed by atoms with Crippen LogP contribution >= 0.6 is 11.8 Å². The molecule has 0 atom stereocenters. The van der Waals surface area contributed by atoms with E-state index in [1.807, 2.05) is 24.3 Å². The fraction of sp³-hybridized carbons (Fsp3) is 0. The van der Waals surface area contributed by atoms with Gasteiger partial charge in [-0.25, -0.2) is 4.98 Å². The Labute approximate surface area is 113 Å². The van der Waals surface area contributed by atoms with Crippen LogP contribution in [0.5, 0.6) is 5.75 Å². The molecule has 3 aromatic rings. The molecule has 2 aromatic carbocycles. The molecular formula is C14H10N2O2S. The van der Waals surface area contributed by atoms with Crippen LogP contribution in [0, 0.1) is 0 Å². The van der Waals surface area contributed by atoms with E-state index in [9.17, 15) is 9.90 Å². The van der Waals surface area contributed by atoms with Gasteiger partial charge in [0.2, 0.25) is 0 Å². The van der Waals surface area contributed by atoms with Crippen molar-refractivity contribution in [3.63, 3.8) is 0 Å². The summed E-state index contributed by atoms with van der Waals surface area (Å²) in [6, 6.07) is 10.9. The maximum Gasteiger partial charge on any atom is 0.280 e. The van der Waals surface area contributed by atoms with Crippen LogP contribution in [0.1, 0.15) is 0 Å². The number of aromatic hydroxyl groups is 1. The average Bonchev–Trinajstić information content (AvgIpc) is 2.44. The Bertz CT molecular complexity index is 799. The average molecular weight is 270 g/mol. The van der Waals surface area contributed by atoms with E-state index in [2.05, 4.69) is 9.97 Å². The zero-order chi connectivity index (χ0) is 13.2. The van der Waals surface area contributed by atoms with Crippen LogP contribution in [-0.4, -0.2) is 15.1 Å². The monoisotopic (exact) mass is 270 g/mol. The molecule has 0 amide bonds. The van der Waals surface area contributed by atoms with E-state index in [0.717, 1.165) is 15.7 Å². The van der Waals surface area contributed by atoms with Gasteiger partial charge in [0, 0.05) is 22.7 Å². The second-order valence-corrected chi connectivity index (χ2v) is 4.98. The van der Waals surface area contributed by atoms with Gasteiger partial charge >= 0.3 is 0 Å². The summed E-state index contributed by atoms with van der Waals surface area (Å²) in [5.74, 6) is 0.231. The van der Waals surface area contributed by atoms with Gasteiger partial charge in [-0.2, -0.15) is 0 Å². The van der Waals surface area contributed by atoms with E-state index in [-0.39, 0.29) is 11.3 Å². The van der Waals surface area contributed by atoms with Gasteiger partial charge in [-0.15, -0.1) is 0 Å². The van der Waals surface area contributed by atoms with Crippen molar-refractivity contribution in [2.24, 2.45) is 0 Å². The number of fused-ring (bicyclic) bond motifs is 1. The van der Waals surface area contributed by atoms with Gasteiger partial charge < -0.3 is 10.1 Å². The molecule has 2 N–H and O–H groups in total. The van der Waals surface area contributed by atoms with E-state index in [1.54, 1.807) is 18.3 Å². The van der Waals surface area contributed by atoms with Gasteiger partial charge in [0.1, 0.15) is 5.75 Å². The number of nitrogens with one attached hydrogen (secondary N) is 1. The molecule has 3 rings (SSSR count). The van der Waals surface area contributed by atoms with Gasteiger partial charge in [-0.3, -0.25) is 4.79 Å². The number of hydrogen-bond donors (Lipinski definition) is 2. The van der Waals surface area contributed by atoms with Crippen LogP contribution in [0.3, 0.4) is 0 Å². The molecule has 0 saturated heterocycles. The highest BCUT2D eigenvalue weighted by Gasteiger charge is 2.08. The number of phenolic OH excluding ortho intramolecular Hbond substituents is 1. The van der Waals surface area contributed by atoms with Crippen LogP contribution in [-0.2, 0) is 0 Å². The number of rotatable bonds is 2. The lowest BCUT2D eigenvalue weighted by Crippen LogP contribution is -2.08. The van der Waals surface area contributed by atoms with Gasteiger partial charge in [0.05, 0.1) is 0 Å². The lowest BCUT2D eigenvalue weighted by Gasteiger charge is -2.06. The predicted octanol–water partition coefficient (Wildman–Crippen LogP) is 2.78. The van der Waals surface area contributed by atoms with Gasteiger partial charge in [-0.1, -0.05) is 36.0 Å². The summed E-state index contributed by atoms with van der Waals surface area (Å²) >= 11 is 1.29. The molecule has 94 valence electrons. The molecule has 1 aromatic heterocycles. The quantitative estimate of drug-likeness (QED) is 0.751. The maximum absolute atomic E-state index is 11.6. The normalized spacial score (nSPS) is 10.7. The minimum Gasteiger partial charge on any atom is -0.507 e. The molecule has 0 radical (unpaired) electrons. The molecule has 0 bridgehead atoms. The van der Waals surface area contributed by atoms with Crippen LogP contribution in [0.2, 0.25) is 0 Å². The van der Waals surface area contributed by atoms with E-state index in [4.69, 9.17) is 0 Å². The Balaban J connectivity index is 2.14. The molecule has 19 heavy (non-hydrogen) atoms. The third kappa shape index (κ3) is 2.20. The van der Waals surface area contributed by atoms with Crippen LogP contribution in [0.25, 0.3) is 10.8 Å². The smallest absolute Gasteiger partial charge is 0.280 e. The number of aromatic nitrogens is 2. The van der Waals surface area contributed by atoms with Crippen LogP contribution < -0.4 is 5.56 Å².